The van der Waals surface area contributed by atoms with Crippen LogP contribution in [0.4, 0.5) is 10.5 Å². The Hall–Kier alpha value is -2.08. The number of rotatable bonds is 3. The zero-order valence-electron chi connectivity index (χ0n) is 16.9. The van der Waals surface area contributed by atoms with Crippen molar-refractivity contribution in [1.82, 2.24) is 15.1 Å². The summed E-state index contributed by atoms with van der Waals surface area (Å²) in [5.41, 5.74) is 1.48. The molecule has 3 fully saturated rings. The molecule has 3 atom stereocenters. The normalized spacial score (nSPS) is 29.0. The number of fused-ring (bicyclic) bond motifs is 2. The Bertz CT molecular complexity index is 939. The third kappa shape index (κ3) is 3.12. The quantitative estimate of drug-likeness (QED) is 0.707. The molecule has 6 nitrogen and oxygen atoms in total. The zero-order chi connectivity index (χ0) is 20.2. The van der Waals surface area contributed by atoms with Crippen LogP contribution in [0.3, 0.4) is 0 Å². The summed E-state index contributed by atoms with van der Waals surface area (Å²) in [4.78, 5) is 15.2. The highest BCUT2D eigenvalue weighted by Crippen LogP contribution is 2.55. The van der Waals surface area contributed by atoms with E-state index in [0.717, 1.165) is 35.5 Å². The molecule has 0 spiro atoms. The fourth-order valence-corrected chi connectivity index (χ4v) is 6.06. The molecule has 1 aromatic heterocycles. The van der Waals surface area contributed by atoms with Crippen LogP contribution in [0.2, 0.25) is 5.02 Å². The molecule has 1 N–H and O–H groups in total. The largest absolute Gasteiger partial charge is 0.423 e. The average molecular weight is 415 g/mol. The van der Waals surface area contributed by atoms with Crippen molar-refractivity contribution in [3.8, 4) is 0 Å². The molecule has 154 valence electrons. The number of hydrogen-bond donors (Lipinski definition) is 1. The minimum atomic E-state index is -0.478. The first kappa shape index (κ1) is 18.9. The third-order valence-corrected chi connectivity index (χ3v) is 7.29. The summed E-state index contributed by atoms with van der Waals surface area (Å²) in [5.74, 6) is 2.12. The van der Waals surface area contributed by atoms with Crippen molar-refractivity contribution in [2.75, 3.05) is 5.32 Å². The Morgan fingerprint density at radius 3 is 2.79 bits per heavy atom. The van der Waals surface area contributed by atoms with E-state index in [-0.39, 0.29) is 12.1 Å². The molecule has 1 aromatic carbocycles. The summed E-state index contributed by atoms with van der Waals surface area (Å²) in [7, 11) is 0. The van der Waals surface area contributed by atoms with E-state index in [1.807, 2.05) is 17.0 Å². The number of amides is 2. The molecule has 2 unspecified atom stereocenters. The molecule has 7 heteroatoms. The molecule has 2 aromatic rings. The fourth-order valence-electron chi connectivity index (χ4n) is 5.79. The molecule has 2 heterocycles. The summed E-state index contributed by atoms with van der Waals surface area (Å²) >= 11 is 6.46. The van der Waals surface area contributed by atoms with Crippen molar-refractivity contribution < 1.29 is 9.21 Å². The van der Waals surface area contributed by atoms with E-state index in [1.165, 1.54) is 25.7 Å². The standard InChI is InChI=1S/C22H27ClN4O2/c1-13-9-17-12-22(11-13,20-26-25-14(2)29-20)27(17)21(28)24-16-7-8-19(23)18(10-16)15-5-3-4-6-15/h7-8,10,13,15,17H,3-6,9,11-12H2,1-2H3,(H,24,28)/t13-,17?,22?/m1/s1. The smallest absolute Gasteiger partial charge is 0.322 e. The second kappa shape index (κ2) is 7.01. The van der Waals surface area contributed by atoms with Gasteiger partial charge in [0.15, 0.2) is 0 Å². The van der Waals surface area contributed by atoms with Crippen LogP contribution in [0.25, 0.3) is 0 Å². The van der Waals surface area contributed by atoms with Gasteiger partial charge in [0.05, 0.1) is 0 Å². The monoisotopic (exact) mass is 414 g/mol. The van der Waals surface area contributed by atoms with Gasteiger partial charge in [-0.3, -0.25) is 0 Å². The number of aromatic nitrogens is 2. The number of aryl methyl sites for hydroxylation is 1. The predicted molar refractivity (Wildman–Crippen MR) is 111 cm³/mol. The molecule has 2 amide bonds. The first-order valence-corrected chi connectivity index (χ1v) is 11.0. The second-order valence-corrected chi connectivity index (χ2v) is 9.49. The van der Waals surface area contributed by atoms with E-state index in [4.69, 9.17) is 16.0 Å². The summed E-state index contributed by atoms with van der Waals surface area (Å²) in [6.07, 6.45) is 7.59. The van der Waals surface area contributed by atoms with Crippen LogP contribution in [-0.2, 0) is 5.54 Å². The summed E-state index contributed by atoms with van der Waals surface area (Å²) in [6, 6.07) is 5.97. The second-order valence-electron chi connectivity index (χ2n) is 9.08. The Kier molecular flexibility index (Phi) is 4.57. The van der Waals surface area contributed by atoms with E-state index >= 15 is 0 Å². The van der Waals surface area contributed by atoms with E-state index in [2.05, 4.69) is 28.5 Å². The van der Waals surface area contributed by atoms with Gasteiger partial charge in [0.1, 0.15) is 5.54 Å². The fraction of sp³-hybridized carbons (Fsp3) is 0.591. The Morgan fingerprint density at radius 2 is 2.07 bits per heavy atom. The maximum atomic E-state index is 13.3. The molecular formula is C22H27ClN4O2. The minimum absolute atomic E-state index is 0.0938. The molecule has 2 bridgehead atoms. The maximum absolute atomic E-state index is 13.3. The van der Waals surface area contributed by atoms with Crippen molar-refractivity contribution >= 4 is 23.3 Å². The Balaban J connectivity index is 1.40. The topological polar surface area (TPSA) is 71.3 Å². The Labute approximate surface area is 176 Å². The molecular weight excluding hydrogens is 388 g/mol. The van der Waals surface area contributed by atoms with Gasteiger partial charge in [-0.25, -0.2) is 4.79 Å². The number of hydrogen-bond acceptors (Lipinski definition) is 4. The maximum Gasteiger partial charge on any atom is 0.322 e. The van der Waals surface area contributed by atoms with Gasteiger partial charge < -0.3 is 14.6 Å². The summed E-state index contributed by atoms with van der Waals surface area (Å²) in [5, 5.41) is 12.2. The van der Waals surface area contributed by atoms with Gasteiger partial charge in [0.25, 0.3) is 0 Å². The average Bonchev–Trinajstić information content (AvgIpc) is 3.34. The lowest BCUT2D eigenvalue weighted by Crippen LogP contribution is -2.70. The first-order chi connectivity index (χ1) is 14.0. The Morgan fingerprint density at radius 1 is 1.28 bits per heavy atom. The predicted octanol–water partition coefficient (Wildman–Crippen LogP) is 5.62. The first-order valence-electron chi connectivity index (χ1n) is 10.7. The van der Waals surface area contributed by atoms with E-state index in [0.29, 0.717) is 23.6 Å². The number of carbonyl (C=O) groups is 1. The van der Waals surface area contributed by atoms with Crippen molar-refractivity contribution in [1.29, 1.82) is 0 Å². The minimum Gasteiger partial charge on any atom is -0.423 e. The van der Waals surface area contributed by atoms with Crippen LogP contribution in [0, 0.1) is 12.8 Å². The SMILES string of the molecule is Cc1nnc(C23CC(C[C@@H](C)C2)N3C(=O)Nc2ccc(Cl)c(C3CCCC3)c2)o1. The summed E-state index contributed by atoms with van der Waals surface area (Å²) in [6.45, 7) is 4.02. The lowest BCUT2D eigenvalue weighted by atomic mass is 9.64. The molecule has 2 saturated carbocycles. The van der Waals surface area contributed by atoms with Gasteiger partial charge in [-0.1, -0.05) is 31.4 Å². The lowest BCUT2D eigenvalue weighted by Gasteiger charge is -2.61. The number of nitrogens with zero attached hydrogens (tertiary/aromatic N) is 3. The van der Waals surface area contributed by atoms with Crippen LogP contribution in [0.1, 0.15) is 75.1 Å². The van der Waals surface area contributed by atoms with Gasteiger partial charge in [-0.15, -0.1) is 10.2 Å². The highest BCUT2D eigenvalue weighted by Gasteiger charge is 2.62. The number of likely N-dealkylation sites (tertiary alicyclic amines) is 1. The van der Waals surface area contributed by atoms with Crippen molar-refractivity contribution in [3.63, 3.8) is 0 Å². The van der Waals surface area contributed by atoms with Crippen LogP contribution in [-0.4, -0.2) is 27.2 Å². The number of piperidine rings is 1. The summed E-state index contributed by atoms with van der Waals surface area (Å²) < 4.78 is 5.78. The molecule has 1 saturated heterocycles. The molecule has 1 aliphatic heterocycles. The van der Waals surface area contributed by atoms with Crippen LogP contribution in [0.15, 0.2) is 22.6 Å². The number of urea groups is 1. The third-order valence-electron chi connectivity index (χ3n) is 6.95. The van der Waals surface area contributed by atoms with Gasteiger partial charge in [-0.05, 0) is 61.3 Å². The van der Waals surface area contributed by atoms with Crippen LogP contribution in [0.5, 0.6) is 0 Å². The van der Waals surface area contributed by atoms with Crippen LogP contribution >= 0.6 is 11.6 Å². The van der Waals surface area contributed by atoms with E-state index < -0.39 is 5.54 Å². The van der Waals surface area contributed by atoms with Crippen molar-refractivity contribution in [3.05, 3.63) is 40.6 Å². The van der Waals surface area contributed by atoms with Gasteiger partial charge in [-0.2, -0.15) is 0 Å². The lowest BCUT2D eigenvalue weighted by molar-refractivity contribution is -0.110. The van der Waals surface area contributed by atoms with E-state index in [1.54, 1.807) is 6.92 Å². The molecule has 3 aliphatic rings. The molecule has 5 rings (SSSR count). The number of anilines is 1. The van der Waals surface area contributed by atoms with Crippen molar-refractivity contribution in [2.24, 2.45) is 5.92 Å². The van der Waals surface area contributed by atoms with E-state index in [9.17, 15) is 4.79 Å². The number of benzene rings is 1. The van der Waals surface area contributed by atoms with Crippen LogP contribution < -0.4 is 5.32 Å². The van der Waals surface area contributed by atoms with Crippen molar-refractivity contribution in [2.45, 2.75) is 76.3 Å². The van der Waals surface area contributed by atoms with Gasteiger partial charge >= 0.3 is 6.03 Å². The molecule has 0 radical (unpaired) electrons. The molecule has 2 aliphatic carbocycles. The van der Waals surface area contributed by atoms with Gasteiger partial charge in [0, 0.05) is 30.1 Å². The number of nitrogens with one attached hydrogen (secondary N) is 1. The number of halogens is 1. The highest BCUT2D eigenvalue weighted by atomic mass is 35.5. The highest BCUT2D eigenvalue weighted by molar-refractivity contribution is 6.31. The van der Waals surface area contributed by atoms with Gasteiger partial charge in [0.2, 0.25) is 11.8 Å². The number of carbonyl (C=O) groups excluding carboxylic acids is 1. The molecule has 29 heavy (non-hydrogen) atoms. The zero-order valence-corrected chi connectivity index (χ0v) is 17.7.